The maximum Gasteiger partial charge on any atom is 0.180 e. The Labute approximate surface area is 196 Å². The fourth-order valence-corrected chi connectivity index (χ4v) is 4.32. The van der Waals surface area contributed by atoms with Crippen molar-refractivity contribution in [3.8, 4) is 16.9 Å². The second-order valence-corrected chi connectivity index (χ2v) is 8.26. The predicted octanol–water partition coefficient (Wildman–Crippen LogP) is 4.95. The number of rotatable bonds is 6. The van der Waals surface area contributed by atoms with Crippen LogP contribution in [0.25, 0.3) is 22.2 Å². The van der Waals surface area contributed by atoms with E-state index in [4.69, 9.17) is 22.1 Å². The maximum atomic E-state index is 12.3. The predicted molar refractivity (Wildman–Crippen MR) is 129 cm³/mol. The lowest BCUT2D eigenvalue weighted by molar-refractivity contribution is 0.0983. The third-order valence-electron chi connectivity index (χ3n) is 5.87. The molecule has 0 radical (unpaired) electrons. The van der Waals surface area contributed by atoms with Crippen LogP contribution in [0.1, 0.15) is 53.6 Å². The van der Waals surface area contributed by atoms with E-state index in [0.29, 0.717) is 34.4 Å². The number of ether oxygens (including phenoxy) is 1. The zero-order chi connectivity index (χ0) is 23.9. The van der Waals surface area contributed by atoms with Crippen molar-refractivity contribution in [1.82, 2.24) is 24.7 Å². The Hall–Kier alpha value is -3.52. The molecule has 0 aliphatic carbocycles. The smallest absolute Gasteiger partial charge is 0.180 e. The molecule has 3 heterocycles. The van der Waals surface area contributed by atoms with Crippen LogP contribution in [0.3, 0.4) is 0 Å². The van der Waals surface area contributed by atoms with Crippen molar-refractivity contribution >= 4 is 34.2 Å². The van der Waals surface area contributed by atoms with E-state index in [0.717, 1.165) is 33.3 Å². The van der Waals surface area contributed by atoms with Gasteiger partial charge in [0.2, 0.25) is 0 Å². The van der Waals surface area contributed by atoms with Crippen LogP contribution >= 0.6 is 11.6 Å². The number of nitrogens with two attached hydrogens (primary N) is 1. The number of ketones is 1. The number of benzene rings is 1. The van der Waals surface area contributed by atoms with E-state index in [2.05, 4.69) is 20.1 Å². The molecule has 33 heavy (non-hydrogen) atoms. The van der Waals surface area contributed by atoms with Gasteiger partial charge in [-0.15, -0.1) is 0 Å². The summed E-state index contributed by atoms with van der Waals surface area (Å²) in [6.07, 6.45) is 3.43. The number of fused-ring (bicyclic) bond motifs is 1. The van der Waals surface area contributed by atoms with Crippen LogP contribution in [0.4, 0.5) is 5.82 Å². The number of hydrogen-bond donors (Lipinski definition) is 1. The number of aryl methyl sites for hydroxylation is 1. The van der Waals surface area contributed by atoms with Crippen LogP contribution in [-0.4, -0.2) is 37.6 Å². The van der Waals surface area contributed by atoms with Gasteiger partial charge in [0.05, 0.1) is 24.2 Å². The van der Waals surface area contributed by atoms with Gasteiger partial charge < -0.3 is 10.5 Å². The van der Waals surface area contributed by atoms with Crippen molar-refractivity contribution < 1.29 is 9.53 Å². The first kappa shape index (κ1) is 22.7. The van der Waals surface area contributed by atoms with E-state index < -0.39 is 0 Å². The Morgan fingerprint density at radius 3 is 2.70 bits per heavy atom. The number of nitrogen functional groups attached to an aromatic ring is 1. The molecule has 0 spiro atoms. The Bertz CT molecular complexity index is 1380. The molecule has 1 aromatic carbocycles. The van der Waals surface area contributed by atoms with E-state index in [1.54, 1.807) is 24.1 Å². The first-order valence-corrected chi connectivity index (χ1v) is 11.0. The van der Waals surface area contributed by atoms with Gasteiger partial charge in [-0.05, 0) is 50.1 Å². The van der Waals surface area contributed by atoms with Crippen LogP contribution in [0, 0.1) is 13.8 Å². The average Bonchev–Trinajstić information content (AvgIpc) is 3.17. The minimum atomic E-state index is -0.277. The summed E-state index contributed by atoms with van der Waals surface area (Å²) in [6.45, 7) is 7.61. The summed E-state index contributed by atoms with van der Waals surface area (Å²) >= 11 is 6.69. The van der Waals surface area contributed by atoms with Gasteiger partial charge in [-0.1, -0.05) is 18.5 Å². The fraction of sp³-hybridized carbons (Fsp3) is 0.292. The number of pyridine rings is 1. The van der Waals surface area contributed by atoms with Crippen LogP contribution in [0.5, 0.6) is 5.75 Å². The summed E-state index contributed by atoms with van der Waals surface area (Å²) in [5.74, 6) is 1.00. The molecule has 1 atom stereocenters. The molecule has 0 saturated carbocycles. The number of carbonyl (C=O) groups is 1. The standard InChI is InChI=1S/C24H25ClN6O2/c1-6-19(32)18-9-15(7-8-27-18)20-12(2)17(25)10-16(22(20)33-5)14(4)31-24-21(13(3)30-31)23(26)28-11-29-24/h7-11,14H,6H2,1-5H3,(H2,26,28,29). The highest BCUT2D eigenvalue weighted by molar-refractivity contribution is 6.32. The first-order valence-electron chi connectivity index (χ1n) is 10.6. The normalized spacial score (nSPS) is 12.2. The lowest BCUT2D eigenvalue weighted by Gasteiger charge is -2.22. The highest BCUT2D eigenvalue weighted by Crippen LogP contribution is 2.43. The van der Waals surface area contributed by atoms with Crippen LogP contribution in [0.2, 0.25) is 5.02 Å². The van der Waals surface area contributed by atoms with Crippen LogP contribution in [-0.2, 0) is 0 Å². The van der Waals surface area contributed by atoms with Gasteiger partial charge >= 0.3 is 0 Å². The van der Waals surface area contributed by atoms with Gasteiger partial charge in [0.1, 0.15) is 23.6 Å². The third kappa shape index (κ3) is 3.80. The first-order chi connectivity index (χ1) is 15.8. The summed E-state index contributed by atoms with van der Waals surface area (Å²) in [5, 5.41) is 5.99. The van der Waals surface area contributed by atoms with Gasteiger partial charge in [-0.2, -0.15) is 5.10 Å². The molecule has 170 valence electrons. The Kier molecular flexibility index (Phi) is 6.03. The molecule has 8 nitrogen and oxygen atoms in total. The second-order valence-electron chi connectivity index (χ2n) is 7.85. The van der Waals surface area contributed by atoms with E-state index in [1.807, 2.05) is 39.8 Å². The Morgan fingerprint density at radius 1 is 1.24 bits per heavy atom. The number of methoxy groups -OCH3 is 1. The highest BCUT2D eigenvalue weighted by atomic mass is 35.5. The molecule has 0 saturated heterocycles. The summed E-state index contributed by atoms with van der Waals surface area (Å²) in [4.78, 5) is 25.0. The van der Waals surface area contributed by atoms with Crippen molar-refractivity contribution in [2.75, 3.05) is 12.8 Å². The van der Waals surface area contributed by atoms with Crippen molar-refractivity contribution in [1.29, 1.82) is 0 Å². The minimum Gasteiger partial charge on any atom is -0.496 e. The molecule has 0 aliphatic rings. The van der Waals surface area contributed by atoms with Crippen molar-refractivity contribution in [3.63, 3.8) is 0 Å². The topological polar surface area (TPSA) is 109 Å². The lowest BCUT2D eigenvalue weighted by Crippen LogP contribution is -2.12. The largest absolute Gasteiger partial charge is 0.496 e. The lowest BCUT2D eigenvalue weighted by atomic mass is 9.93. The summed E-state index contributed by atoms with van der Waals surface area (Å²) in [7, 11) is 1.62. The zero-order valence-corrected chi connectivity index (χ0v) is 19.9. The minimum absolute atomic E-state index is 0.0279. The van der Waals surface area contributed by atoms with Crippen molar-refractivity contribution in [3.05, 3.63) is 58.3 Å². The van der Waals surface area contributed by atoms with Gasteiger partial charge in [-0.25, -0.2) is 14.6 Å². The molecule has 0 amide bonds. The SMILES string of the molecule is CCC(=O)c1cc(-c2c(C)c(Cl)cc(C(C)n3nc(C)c4c(N)ncnc43)c2OC)ccn1. The quantitative estimate of drug-likeness (QED) is 0.402. The monoisotopic (exact) mass is 464 g/mol. The molecule has 2 N–H and O–H groups in total. The number of anilines is 1. The Balaban J connectivity index is 1.94. The third-order valence-corrected chi connectivity index (χ3v) is 6.27. The molecule has 0 fully saturated rings. The molecular formula is C24H25ClN6O2. The average molecular weight is 465 g/mol. The summed E-state index contributed by atoms with van der Waals surface area (Å²) in [5.41, 5.74) is 11.1. The number of hydrogen-bond acceptors (Lipinski definition) is 7. The molecule has 0 bridgehead atoms. The molecule has 4 aromatic rings. The molecule has 1 unspecified atom stereocenters. The summed E-state index contributed by atoms with van der Waals surface area (Å²) in [6, 6.07) is 5.24. The number of carbonyl (C=O) groups excluding carboxylic acids is 1. The number of Topliss-reactive ketones (excluding diaryl/α,β-unsaturated/α-hetero) is 1. The van der Waals surface area contributed by atoms with E-state index in [1.165, 1.54) is 6.33 Å². The van der Waals surface area contributed by atoms with Crippen LogP contribution < -0.4 is 10.5 Å². The molecule has 4 rings (SSSR count). The molecule has 0 aliphatic heterocycles. The second kappa shape index (κ2) is 8.78. The van der Waals surface area contributed by atoms with E-state index in [9.17, 15) is 4.79 Å². The molecular weight excluding hydrogens is 440 g/mol. The number of aromatic nitrogens is 5. The maximum absolute atomic E-state index is 12.3. The summed E-state index contributed by atoms with van der Waals surface area (Å²) < 4.78 is 7.72. The fourth-order valence-electron chi connectivity index (χ4n) is 4.11. The van der Waals surface area contributed by atoms with Crippen LogP contribution in [0.15, 0.2) is 30.7 Å². The van der Waals surface area contributed by atoms with Gasteiger partial charge in [0.15, 0.2) is 11.4 Å². The Morgan fingerprint density at radius 2 is 2.00 bits per heavy atom. The van der Waals surface area contributed by atoms with Gasteiger partial charge in [0, 0.05) is 28.8 Å². The van der Waals surface area contributed by atoms with Crippen molar-refractivity contribution in [2.24, 2.45) is 0 Å². The molecule has 3 aromatic heterocycles. The van der Waals surface area contributed by atoms with E-state index >= 15 is 0 Å². The van der Waals surface area contributed by atoms with Gasteiger partial charge in [0.25, 0.3) is 0 Å². The molecule has 9 heteroatoms. The van der Waals surface area contributed by atoms with Crippen molar-refractivity contribution in [2.45, 2.75) is 40.2 Å². The highest BCUT2D eigenvalue weighted by Gasteiger charge is 2.25. The number of nitrogens with zero attached hydrogens (tertiary/aromatic N) is 5. The van der Waals surface area contributed by atoms with E-state index in [-0.39, 0.29) is 11.8 Å². The number of halogens is 1. The zero-order valence-electron chi connectivity index (χ0n) is 19.2. The van der Waals surface area contributed by atoms with Gasteiger partial charge in [-0.3, -0.25) is 9.78 Å².